The van der Waals surface area contributed by atoms with Gasteiger partial charge in [0.2, 0.25) is 21.9 Å². The maximum atomic E-state index is 13.1. The summed E-state index contributed by atoms with van der Waals surface area (Å²) >= 11 is 1.55. The van der Waals surface area contributed by atoms with Gasteiger partial charge < -0.3 is 4.57 Å². The van der Waals surface area contributed by atoms with Gasteiger partial charge in [-0.2, -0.15) is 16.5 Å². The number of nitrogens with zero attached hydrogens (tertiary/aromatic N) is 2. The molecule has 3 rings (SSSR count). The van der Waals surface area contributed by atoms with Crippen LogP contribution in [-0.4, -0.2) is 41.9 Å². The van der Waals surface area contributed by atoms with E-state index in [4.69, 9.17) is 0 Å². The second-order valence-corrected chi connectivity index (χ2v) is 9.53. The normalized spacial score (nSPS) is 12.7. The Bertz CT molecular complexity index is 1100. The van der Waals surface area contributed by atoms with Crippen molar-refractivity contribution < 1.29 is 13.2 Å². The first-order valence-electron chi connectivity index (χ1n) is 9.78. The van der Waals surface area contributed by atoms with Crippen LogP contribution < -0.4 is 10.0 Å². The fourth-order valence-electron chi connectivity index (χ4n) is 3.15. The number of amides is 1. The van der Waals surface area contributed by atoms with Crippen molar-refractivity contribution in [3.8, 4) is 0 Å². The number of hydrogen-bond donors (Lipinski definition) is 2. The van der Waals surface area contributed by atoms with Gasteiger partial charge in [-0.1, -0.05) is 37.3 Å². The van der Waals surface area contributed by atoms with E-state index in [2.05, 4.69) is 21.9 Å². The van der Waals surface area contributed by atoms with E-state index in [1.807, 2.05) is 35.1 Å². The van der Waals surface area contributed by atoms with Crippen LogP contribution >= 0.6 is 11.8 Å². The highest BCUT2D eigenvalue weighted by Crippen LogP contribution is 2.21. The van der Waals surface area contributed by atoms with Gasteiger partial charge in [0.05, 0.1) is 15.9 Å². The highest BCUT2D eigenvalue weighted by atomic mass is 32.2. The van der Waals surface area contributed by atoms with Gasteiger partial charge in [-0.15, -0.1) is 0 Å². The van der Waals surface area contributed by atoms with E-state index in [1.54, 1.807) is 30.0 Å². The van der Waals surface area contributed by atoms with Crippen LogP contribution in [0.2, 0.25) is 0 Å². The average molecular weight is 447 g/mol. The first-order valence-corrected chi connectivity index (χ1v) is 12.7. The highest BCUT2D eigenvalue weighted by Gasteiger charge is 2.26. The van der Waals surface area contributed by atoms with E-state index in [9.17, 15) is 13.2 Å². The lowest BCUT2D eigenvalue weighted by atomic mass is 10.2. The lowest BCUT2D eigenvalue weighted by Gasteiger charge is -2.18. The first-order chi connectivity index (χ1) is 14.5. The number of hydrogen-bond acceptors (Lipinski definition) is 5. The van der Waals surface area contributed by atoms with E-state index in [0.717, 1.165) is 17.5 Å². The number of carbonyl (C=O) groups excluding carboxylic acids is 1. The van der Waals surface area contributed by atoms with Gasteiger partial charge in [0, 0.05) is 6.54 Å². The summed E-state index contributed by atoms with van der Waals surface area (Å²) in [6, 6.07) is 14.8. The number of aromatic nitrogens is 2. The molecule has 0 aliphatic heterocycles. The Morgan fingerprint density at radius 1 is 1.13 bits per heavy atom. The van der Waals surface area contributed by atoms with Crippen molar-refractivity contribution in [1.29, 1.82) is 0 Å². The molecule has 1 aromatic heterocycles. The Labute approximate surface area is 181 Å². The third-order valence-electron chi connectivity index (χ3n) is 4.61. The summed E-state index contributed by atoms with van der Waals surface area (Å²) < 4.78 is 30.0. The summed E-state index contributed by atoms with van der Waals surface area (Å²) in [5, 5.41) is 2.84. The van der Waals surface area contributed by atoms with E-state index in [1.165, 1.54) is 12.1 Å². The summed E-state index contributed by atoms with van der Waals surface area (Å²) in [5.41, 5.74) is 1.71. The Morgan fingerprint density at radius 2 is 1.83 bits per heavy atom. The molecular weight excluding hydrogens is 420 g/mol. The lowest BCUT2D eigenvalue weighted by molar-refractivity contribution is -0.117. The van der Waals surface area contributed by atoms with Crippen molar-refractivity contribution >= 4 is 44.7 Å². The molecule has 0 fully saturated rings. The van der Waals surface area contributed by atoms with Crippen LogP contribution in [0, 0.1) is 0 Å². The van der Waals surface area contributed by atoms with Gasteiger partial charge in [0.1, 0.15) is 6.04 Å². The Kier molecular flexibility index (Phi) is 7.52. The molecule has 2 aromatic carbocycles. The summed E-state index contributed by atoms with van der Waals surface area (Å²) in [4.78, 5) is 17.7. The average Bonchev–Trinajstić information content (AvgIpc) is 3.09. The molecule has 0 radical (unpaired) electrons. The third kappa shape index (κ3) is 5.21. The number of para-hydroxylation sites is 2. The van der Waals surface area contributed by atoms with Crippen LogP contribution in [0.4, 0.5) is 5.95 Å². The van der Waals surface area contributed by atoms with Crippen LogP contribution in [0.1, 0.15) is 19.8 Å². The van der Waals surface area contributed by atoms with E-state index < -0.39 is 22.0 Å². The largest absolute Gasteiger partial charge is 0.310 e. The van der Waals surface area contributed by atoms with E-state index >= 15 is 0 Å². The molecule has 3 aromatic rings. The molecule has 1 unspecified atom stereocenters. The monoisotopic (exact) mass is 446 g/mol. The molecule has 0 saturated carbocycles. The Hall–Kier alpha value is -2.36. The number of carbonyl (C=O) groups is 1. The van der Waals surface area contributed by atoms with Crippen LogP contribution in [0.5, 0.6) is 0 Å². The van der Waals surface area contributed by atoms with Gasteiger partial charge in [-0.3, -0.25) is 10.1 Å². The molecule has 0 aliphatic carbocycles. The number of fused-ring (bicyclic) bond motifs is 1. The van der Waals surface area contributed by atoms with Gasteiger partial charge in [0.25, 0.3) is 0 Å². The molecule has 160 valence electrons. The number of aryl methyl sites for hydroxylation is 1. The van der Waals surface area contributed by atoms with Crippen LogP contribution in [0.25, 0.3) is 11.0 Å². The molecule has 1 amide bonds. The molecule has 9 heteroatoms. The van der Waals surface area contributed by atoms with Crippen molar-refractivity contribution in [2.45, 2.75) is 37.2 Å². The molecule has 0 bridgehead atoms. The smallest absolute Gasteiger partial charge is 0.244 e. The van der Waals surface area contributed by atoms with Crippen molar-refractivity contribution in [1.82, 2.24) is 14.3 Å². The molecule has 30 heavy (non-hydrogen) atoms. The van der Waals surface area contributed by atoms with E-state index in [-0.39, 0.29) is 4.90 Å². The zero-order valence-corrected chi connectivity index (χ0v) is 18.7. The zero-order valence-electron chi connectivity index (χ0n) is 17.0. The summed E-state index contributed by atoms with van der Waals surface area (Å²) in [6.45, 7) is 2.75. The summed E-state index contributed by atoms with van der Waals surface area (Å²) in [6.07, 6.45) is 3.16. The predicted octanol–water partition coefficient (Wildman–Crippen LogP) is 3.49. The zero-order chi connectivity index (χ0) is 21.6. The Morgan fingerprint density at radius 3 is 2.53 bits per heavy atom. The first kappa shape index (κ1) is 22.3. The quantitative estimate of drug-likeness (QED) is 0.497. The summed E-state index contributed by atoms with van der Waals surface area (Å²) in [7, 11) is -3.82. The molecule has 0 saturated heterocycles. The molecule has 2 N–H and O–H groups in total. The van der Waals surface area contributed by atoms with Gasteiger partial charge in [-0.05, 0) is 49.1 Å². The van der Waals surface area contributed by atoms with Gasteiger partial charge in [0.15, 0.2) is 0 Å². The fraction of sp³-hybridized carbons (Fsp3) is 0.333. The molecule has 0 spiro atoms. The number of nitrogens with one attached hydrogen (secondary N) is 2. The van der Waals surface area contributed by atoms with Crippen molar-refractivity contribution in [2.24, 2.45) is 0 Å². The minimum Gasteiger partial charge on any atom is -0.310 e. The molecular formula is C21H26N4O3S2. The predicted molar refractivity (Wildman–Crippen MR) is 122 cm³/mol. The number of imidazole rings is 1. The van der Waals surface area contributed by atoms with Crippen molar-refractivity contribution in [3.63, 3.8) is 0 Å². The van der Waals surface area contributed by atoms with Gasteiger partial charge in [-0.25, -0.2) is 13.4 Å². The lowest BCUT2D eigenvalue weighted by Crippen LogP contribution is -2.44. The molecule has 1 atom stereocenters. The number of anilines is 1. The van der Waals surface area contributed by atoms with Crippen molar-refractivity contribution in [3.05, 3.63) is 54.6 Å². The second kappa shape index (κ2) is 10.1. The van der Waals surface area contributed by atoms with Crippen LogP contribution in [0.3, 0.4) is 0 Å². The van der Waals surface area contributed by atoms with Crippen LogP contribution in [0.15, 0.2) is 59.5 Å². The number of rotatable bonds is 10. The fourth-order valence-corrected chi connectivity index (χ4v) is 4.87. The van der Waals surface area contributed by atoms with Crippen LogP contribution in [-0.2, 0) is 21.4 Å². The maximum Gasteiger partial charge on any atom is 0.244 e. The maximum absolute atomic E-state index is 13.1. The minimum atomic E-state index is -3.82. The topological polar surface area (TPSA) is 93.1 Å². The minimum absolute atomic E-state index is 0.130. The molecule has 7 nitrogen and oxygen atoms in total. The number of benzene rings is 2. The van der Waals surface area contributed by atoms with Crippen molar-refractivity contribution in [2.75, 3.05) is 17.3 Å². The molecule has 1 heterocycles. The van der Waals surface area contributed by atoms with Gasteiger partial charge >= 0.3 is 0 Å². The standard InChI is InChI=1S/C21H26N4O3S2/c1-3-14-25-19-12-8-7-11-17(19)22-21(25)23-20(26)18(13-15-29-2)24-30(27,28)16-9-5-4-6-10-16/h4-12,18,24H,3,13-15H2,1-2H3,(H,22,23,26). The Balaban J connectivity index is 1.86. The molecule has 0 aliphatic rings. The highest BCUT2D eigenvalue weighted by molar-refractivity contribution is 7.98. The SMILES string of the molecule is CCCn1c(NC(=O)C(CCSC)NS(=O)(=O)c2ccccc2)nc2ccccc21. The summed E-state index contributed by atoms with van der Waals surface area (Å²) in [5.74, 6) is 0.646. The number of sulfonamides is 1. The third-order valence-corrected chi connectivity index (χ3v) is 6.75. The number of thioether (sulfide) groups is 1. The second-order valence-electron chi connectivity index (χ2n) is 6.83. The van der Waals surface area contributed by atoms with E-state index in [0.29, 0.717) is 24.7 Å².